The van der Waals surface area contributed by atoms with Crippen molar-refractivity contribution in [1.82, 2.24) is 5.32 Å². The Morgan fingerprint density at radius 3 is 2.50 bits per heavy atom. The minimum absolute atomic E-state index is 0.129. The fraction of sp³-hybridized carbons (Fsp3) is 0.562. The molecule has 0 aliphatic carbocycles. The molecule has 0 unspecified atom stereocenters. The maximum atomic E-state index is 11.5. The second-order valence-corrected chi connectivity index (χ2v) is 7.60. The first-order chi connectivity index (χ1) is 12.2. The molecule has 2 rings (SSSR count). The van der Waals surface area contributed by atoms with Crippen molar-refractivity contribution >= 4 is 16.0 Å². The normalized spacial score (nSPS) is 29.3. The van der Waals surface area contributed by atoms with Gasteiger partial charge in [0.1, 0.15) is 24.4 Å². The van der Waals surface area contributed by atoms with Gasteiger partial charge in [0.05, 0.1) is 19.5 Å². The Morgan fingerprint density at radius 2 is 1.96 bits per heavy atom. The molecule has 10 heteroatoms. The molecule has 3 N–H and O–H groups in total. The summed E-state index contributed by atoms with van der Waals surface area (Å²) in [4.78, 5) is 11.5. The number of aliphatic hydroxyl groups excluding tert-OH is 2. The zero-order chi connectivity index (χ0) is 19.3. The van der Waals surface area contributed by atoms with Crippen LogP contribution in [0.25, 0.3) is 0 Å². The first-order valence-electron chi connectivity index (χ1n) is 7.96. The van der Waals surface area contributed by atoms with E-state index in [0.717, 1.165) is 11.8 Å². The second kappa shape index (κ2) is 8.89. The van der Waals surface area contributed by atoms with Crippen LogP contribution in [0.4, 0.5) is 0 Å². The molecule has 1 saturated heterocycles. The van der Waals surface area contributed by atoms with E-state index in [1.807, 2.05) is 30.3 Å². The largest absolute Gasteiger partial charge is 0.394 e. The minimum Gasteiger partial charge on any atom is -0.394 e. The molecule has 9 nitrogen and oxygen atoms in total. The molecule has 0 aromatic heterocycles. The molecular weight excluding hydrogens is 366 g/mol. The number of aliphatic hydroxyl groups is 2. The first-order valence-corrected chi connectivity index (χ1v) is 9.78. The van der Waals surface area contributed by atoms with Crippen LogP contribution in [0.15, 0.2) is 30.3 Å². The van der Waals surface area contributed by atoms with Gasteiger partial charge < -0.3 is 25.0 Å². The van der Waals surface area contributed by atoms with Crippen LogP contribution in [0.5, 0.6) is 0 Å². The summed E-state index contributed by atoms with van der Waals surface area (Å²) in [6, 6.07) is 8.07. The summed E-state index contributed by atoms with van der Waals surface area (Å²) in [6.45, 7) is 0.769. The van der Waals surface area contributed by atoms with E-state index in [9.17, 15) is 23.4 Å². The standard InChI is InChI=1S/C16H23NO8S/c1-10(19)17-13-14(20)15(25-26(2,21)22)12(8-18)24-16(13)23-9-11-6-4-3-5-7-11/h3-7,12-16,18,20H,8-9H2,1-2H3,(H,17,19)/t12-,13-,14-,15+,16-/m0/s1. The molecule has 5 atom stereocenters. The molecule has 0 spiro atoms. The monoisotopic (exact) mass is 389 g/mol. The van der Waals surface area contributed by atoms with E-state index in [-0.39, 0.29) is 6.61 Å². The van der Waals surface area contributed by atoms with Crippen LogP contribution in [0.3, 0.4) is 0 Å². The smallest absolute Gasteiger partial charge is 0.264 e. The summed E-state index contributed by atoms with van der Waals surface area (Å²) in [5, 5.41) is 22.5. The Balaban J connectivity index is 2.18. The van der Waals surface area contributed by atoms with Crippen LogP contribution in [-0.4, -0.2) is 68.0 Å². The molecular formula is C16H23NO8S. The molecule has 26 heavy (non-hydrogen) atoms. The van der Waals surface area contributed by atoms with Crippen LogP contribution in [0, 0.1) is 0 Å². The van der Waals surface area contributed by atoms with Crippen LogP contribution in [0.2, 0.25) is 0 Å². The van der Waals surface area contributed by atoms with Crippen molar-refractivity contribution in [2.24, 2.45) is 0 Å². The maximum absolute atomic E-state index is 11.5. The van der Waals surface area contributed by atoms with Crippen molar-refractivity contribution in [1.29, 1.82) is 0 Å². The number of ether oxygens (including phenoxy) is 2. The number of benzene rings is 1. The highest BCUT2D eigenvalue weighted by molar-refractivity contribution is 7.86. The molecule has 1 fully saturated rings. The molecule has 1 amide bonds. The molecule has 0 radical (unpaired) electrons. The number of nitrogens with one attached hydrogen (secondary N) is 1. The molecule has 1 aromatic rings. The van der Waals surface area contributed by atoms with Crippen molar-refractivity contribution in [3.63, 3.8) is 0 Å². The van der Waals surface area contributed by atoms with Crippen LogP contribution in [-0.2, 0) is 35.2 Å². The second-order valence-electron chi connectivity index (χ2n) is 6.00. The third-order valence-electron chi connectivity index (χ3n) is 3.77. The van der Waals surface area contributed by atoms with Gasteiger partial charge in [0.15, 0.2) is 6.29 Å². The quantitative estimate of drug-likeness (QED) is 0.513. The summed E-state index contributed by atoms with van der Waals surface area (Å²) in [5.74, 6) is -0.466. The number of hydrogen-bond acceptors (Lipinski definition) is 8. The number of carbonyl (C=O) groups is 1. The summed E-state index contributed by atoms with van der Waals surface area (Å²) >= 11 is 0. The highest BCUT2D eigenvalue weighted by Gasteiger charge is 2.48. The van der Waals surface area contributed by atoms with Gasteiger partial charge in [-0.05, 0) is 5.56 Å². The number of amides is 1. The highest BCUT2D eigenvalue weighted by atomic mass is 32.2. The average Bonchev–Trinajstić information content (AvgIpc) is 2.57. The van der Waals surface area contributed by atoms with E-state index in [1.165, 1.54) is 6.92 Å². The third kappa shape index (κ3) is 5.73. The molecule has 0 bridgehead atoms. The predicted octanol–water partition coefficient (Wildman–Crippen LogP) is -0.869. The zero-order valence-corrected chi connectivity index (χ0v) is 15.3. The zero-order valence-electron chi connectivity index (χ0n) is 14.4. The van der Waals surface area contributed by atoms with Crippen molar-refractivity contribution < 1.29 is 37.1 Å². The Kier molecular flexibility index (Phi) is 7.09. The summed E-state index contributed by atoms with van der Waals surface area (Å²) < 4.78 is 38.9. The van der Waals surface area contributed by atoms with Crippen LogP contribution >= 0.6 is 0 Å². The molecule has 1 heterocycles. The number of rotatable bonds is 7. The van der Waals surface area contributed by atoms with Gasteiger partial charge in [0.25, 0.3) is 10.1 Å². The molecule has 146 valence electrons. The summed E-state index contributed by atoms with van der Waals surface area (Å²) in [7, 11) is -3.93. The van der Waals surface area contributed by atoms with Gasteiger partial charge in [-0.2, -0.15) is 8.42 Å². The Labute approximate surface area is 152 Å². The molecule has 1 aliphatic rings. The minimum atomic E-state index is -3.93. The van der Waals surface area contributed by atoms with E-state index < -0.39 is 53.3 Å². The fourth-order valence-corrected chi connectivity index (χ4v) is 3.31. The number of carbonyl (C=O) groups excluding carboxylic acids is 1. The Hall–Kier alpha value is -1.56. The topological polar surface area (TPSA) is 131 Å². The summed E-state index contributed by atoms with van der Waals surface area (Å²) in [5.41, 5.74) is 0.835. The Morgan fingerprint density at radius 1 is 1.31 bits per heavy atom. The van der Waals surface area contributed by atoms with E-state index in [2.05, 4.69) is 5.32 Å². The third-order valence-corrected chi connectivity index (χ3v) is 4.34. The fourth-order valence-electron chi connectivity index (χ4n) is 2.67. The highest BCUT2D eigenvalue weighted by Crippen LogP contribution is 2.26. The van der Waals surface area contributed by atoms with Gasteiger partial charge in [-0.25, -0.2) is 0 Å². The van der Waals surface area contributed by atoms with Gasteiger partial charge in [0.2, 0.25) is 5.91 Å². The van der Waals surface area contributed by atoms with Crippen LogP contribution in [0.1, 0.15) is 12.5 Å². The SMILES string of the molecule is CC(=O)N[C@@H]1[C@@H](OCc2ccccc2)O[C@@H](CO)[C@@H](OS(C)(=O)=O)[C@H]1O. The van der Waals surface area contributed by atoms with Gasteiger partial charge >= 0.3 is 0 Å². The van der Waals surface area contributed by atoms with Gasteiger partial charge in [-0.3, -0.25) is 8.98 Å². The lowest BCUT2D eigenvalue weighted by atomic mass is 9.97. The number of hydrogen-bond donors (Lipinski definition) is 3. The van der Waals surface area contributed by atoms with Crippen molar-refractivity contribution in [2.45, 2.75) is 44.2 Å². The van der Waals surface area contributed by atoms with Crippen molar-refractivity contribution in [2.75, 3.05) is 12.9 Å². The van der Waals surface area contributed by atoms with Gasteiger partial charge in [-0.15, -0.1) is 0 Å². The molecule has 0 saturated carbocycles. The Bertz CT molecular complexity index is 695. The lowest BCUT2D eigenvalue weighted by Gasteiger charge is -2.43. The molecule has 1 aromatic carbocycles. The van der Waals surface area contributed by atoms with E-state index in [0.29, 0.717) is 0 Å². The van der Waals surface area contributed by atoms with Gasteiger partial charge in [-0.1, -0.05) is 30.3 Å². The summed E-state index contributed by atoms with van der Waals surface area (Å²) in [6.07, 6.45) is -4.29. The van der Waals surface area contributed by atoms with E-state index >= 15 is 0 Å². The van der Waals surface area contributed by atoms with Crippen molar-refractivity contribution in [3.05, 3.63) is 35.9 Å². The molecule has 1 aliphatic heterocycles. The van der Waals surface area contributed by atoms with Crippen molar-refractivity contribution in [3.8, 4) is 0 Å². The van der Waals surface area contributed by atoms with E-state index in [1.54, 1.807) is 0 Å². The lowest BCUT2D eigenvalue weighted by molar-refractivity contribution is -0.268. The van der Waals surface area contributed by atoms with Crippen LogP contribution < -0.4 is 5.32 Å². The maximum Gasteiger partial charge on any atom is 0.264 e. The van der Waals surface area contributed by atoms with Gasteiger partial charge in [0, 0.05) is 6.92 Å². The lowest BCUT2D eigenvalue weighted by Crippen LogP contribution is -2.65. The average molecular weight is 389 g/mol. The van der Waals surface area contributed by atoms with E-state index in [4.69, 9.17) is 13.7 Å². The predicted molar refractivity (Wildman–Crippen MR) is 90.3 cm³/mol. The first kappa shape index (κ1) is 20.7.